The Balaban J connectivity index is 1.87. The molecule has 0 unspecified atom stereocenters. The van der Waals surface area contributed by atoms with Gasteiger partial charge in [0.15, 0.2) is 0 Å². The molecule has 1 aromatic carbocycles. The minimum absolute atomic E-state index is 0.0649. The molecule has 0 radical (unpaired) electrons. The van der Waals surface area contributed by atoms with Gasteiger partial charge in [0.05, 0.1) is 0 Å². The van der Waals surface area contributed by atoms with E-state index in [1.807, 2.05) is 0 Å². The van der Waals surface area contributed by atoms with Gasteiger partial charge in [-0.3, -0.25) is 4.79 Å². The van der Waals surface area contributed by atoms with E-state index in [4.69, 9.17) is 5.73 Å². The number of carbonyl (C=O) groups excluding carboxylic acids is 2. The third-order valence-corrected chi connectivity index (χ3v) is 4.76. The van der Waals surface area contributed by atoms with Gasteiger partial charge in [0.25, 0.3) is 0 Å². The number of primary amides is 1. The van der Waals surface area contributed by atoms with Crippen molar-refractivity contribution < 1.29 is 27.2 Å². The van der Waals surface area contributed by atoms with Crippen LogP contribution in [0, 0.1) is 23.6 Å². The normalized spacial score (nSPS) is 22.4. The molecular weight excluding hydrogens is 378 g/mol. The van der Waals surface area contributed by atoms with Gasteiger partial charge in [0.1, 0.15) is 17.9 Å². The Hall–Kier alpha value is -2.76. The fraction of sp³-hybridized carbons (Fsp3) is 0.474. The van der Waals surface area contributed by atoms with E-state index in [9.17, 15) is 27.2 Å². The highest BCUT2D eigenvalue weighted by atomic mass is 19.4. The summed E-state index contributed by atoms with van der Waals surface area (Å²) in [5, 5.41) is 2.15. The van der Waals surface area contributed by atoms with Crippen LogP contribution in [0.5, 0.6) is 0 Å². The lowest BCUT2D eigenvalue weighted by Gasteiger charge is -2.40. The zero-order valence-corrected chi connectivity index (χ0v) is 14.9. The molecule has 1 saturated carbocycles. The van der Waals surface area contributed by atoms with E-state index in [1.165, 1.54) is 12.1 Å². The zero-order chi connectivity index (χ0) is 20.5. The fourth-order valence-corrected chi connectivity index (χ4v) is 3.16. The molecule has 1 saturated heterocycles. The molecule has 3 N–H and O–H groups in total. The van der Waals surface area contributed by atoms with Crippen molar-refractivity contribution >= 4 is 11.9 Å². The maximum Gasteiger partial charge on any atom is 0.408 e. The van der Waals surface area contributed by atoms with Crippen molar-refractivity contribution in [2.24, 2.45) is 11.7 Å². The summed E-state index contributed by atoms with van der Waals surface area (Å²) in [6.45, 7) is -0.579. The highest BCUT2D eigenvalue weighted by molar-refractivity contribution is 5.87. The summed E-state index contributed by atoms with van der Waals surface area (Å²) >= 11 is 0. The molecule has 2 fully saturated rings. The number of urea groups is 1. The molecule has 2 aliphatic rings. The Bertz CT molecular complexity index is 840. The van der Waals surface area contributed by atoms with Gasteiger partial charge in [-0.2, -0.15) is 13.2 Å². The summed E-state index contributed by atoms with van der Waals surface area (Å²) in [6.07, 6.45) is -3.27. The number of nitrogens with zero attached hydrogens (tertiary/aromatic N) is 1. The number of hydrogen-bond donors (Lipinski definition) is 2. The van der Waals surface area contributed by atoms with E-state index in [0.29, 0.717) is 16.4 Å². The van der Waals surface area contributed by atoms with Crippen LogP contribution in [0.1, 0.15) is 36.8 Å². The quantitative estimate of drug-likeness (QED) is 0.608. The Morgan fingerprint density at radius 2 is 1.96 bits per heavy atom. The third-order valence-electron chi connectivity index (χ3n) is 4.76. The van der Waals surface area contributed by atoms with Crippen LogP contribution < -0.4 is 11.1 Å². The number of rotatable bonds is 3. The number of amides is 3. The van der Waals surface area contributed by atoms with E-state index in [2.05, 4.69) is 17.2 Å². The molecule has 150 valence electrons. The van der Waals surface area contributed by atoms with E-state index in [1.54, 1.807) is 0 Å². The fourth-order valence-electron chi connectivity index (χ4n) is 3.16. The van der Waals surface area contributed by atoms with Gasteiger partial charge in [0, 0.05) is 23.6 Å². The number of benzene rings is 1. The average Bonchev–Trinajstić information content (AvgIpc) is 3.42. The van der Waals surface area contributed by atoms with Crippen LogP contribution in [0.3, 0.4) is 0 Å². The molecule has 2 atom stereocenters. The first-order chi connectivity index (χ1) is 13.1. The molecule has 9 heteroatoms. The Kier molecular flexibility index (Phi) is 5.49. The molecule has 1 heterocycles. The molecular formula is C19H19F4N3O2. The van der Waals surface area contributed by atoms with Crippen LogP contribution in [0.2, 0.25) is 0 Å². The van der Waals surface area contributed by atoms with Gasteiger partial charge in [-0.25, -0.2) is 9.18 Å². The van der Waals surface area contributed by atoms with Crippen LogP contribution in [0.15, 0.2) is 18.2 Å². The summed E-state index contributed by atoms with van der Waals surface area (Å²) in [5.41, 5.74) is 5.40. The number of halogens is 4. The second-order valence-electron chi connectivity index (χ2n) is 7.01. The van der Waals surface area contributed by atoms with Gasteiger partial charge in [-0.05, 0) is 43.9 Å². The predicted octanol–water partition coefficient (Wildman–Crippen LogP) is 2.68. The lowest BCUT2D eigenvalue weighted by molar-refractivity contribution is -0.199. The lowest BCUT2D eigenvalue weighted by Crippen LogP contribution is -2.60. The summed E-state index contributed by atoms with van der Waals surface area (Å²) in [4.78, 5) is 24.1. The summed E-state index contributed by atoms with van der Waals surface area (Å²) in [6, 6.07) is -0.306. The van der Waals surface area contributed by atoms with Crippen molar-refractivity contribution in [1.82, 2.24) is 10.2 Å². The van der Waals surface area contributed by atoms with Gasteiger partial charge < -0.3 is 16.0 Å². The molecule has 1 aliphatic heterocycles. The smallest absolute Gasteiger partial charge is 0.352 e. The summed E-state index contributed by atoms with van der Waals surface area (Å²) in [7, 11) is 0. The van der Waals surface area contributed by atoms with Crippen LogP contribution in [0.4, 0.5) is 22.4 Å². The van der Waals surface area contributed by atoms with E-state index in [-0.39, 0.29) is 12.0 Å². The Labute approximate surface area is 159 Å². The van der Waals surface area contributed by atoms with Gasteiger partial charge in [-0.15, -0.1) is 0 Å². The van der Waals surface area contributed by atoms with Gasteiger partial charge in [0.2, 0.25) is 5.91 Å². The van der Waals surface area contributed by atoms with Crippen molar-refractivity contribution in [3.63, 3.8) is 0 Å². The number of nitrogens with two attached hydrogens (primary N) is 1. The summed E-state index contributed by atoms with van der Waals surface area (Å²) < 4.78 is 54.5. The molecule has 1 aliphatic carbocycles. The first-order valence-corrected chi connectivity index (χ1v) is 8.88. The minimum atomic E-state index is -4.67. The minimum Gasteiger partial charge on any atom is -0.352 e. The number of likely N-dealkylation sites (tertiary alicyclic amines) is 1. The number of piperidine rings is 1. The van der Waals surface area contributed by atoms with Gasteiger partial charge >= 0.3 is 12.2 Å². The highest BCUT2D eigenvalue weighted by Crippen LogP contribution is 2.34. The zero-order valence-electron chi connectivity index (χ0n) is 14.9. The van der Waals surface area contributed by atoms with Crippen molar-refractivity contribution in [1.29, 1.82) is 0 Å². The second-order valence-corrected chi connectivity index (χ2v) is 7.01. The lowest BCUT2D eigenvalue weighted by atomic mass is 9.95. The third kappa shape index (κ3) is 4.74. The van der Waals surface area contributed by atoms with E-state index in [0.717, 1.165) is 18.9 Å². The molecule has 3 rings (SSSR count). The summed E-state index contributed by atoms with van der Waals surface area (Å²) in [5.74, 6) is 4.53. The monoisotopic (exact) mass is 397 g/mol. The average molecular weight is 397 g/mol. The van der Waals surface area contributed by atoms with Crippen molar-refractivity contribution in [2.75, 3.05) is 0 Å². The largest absolute Gasteiger partial charge is 0.408 e. The van der Waals surface area contributed by atoms with E-state index < -0.39 is 49.0 Å². The van der Waals surface area contributed by atoms with Crippen LogP contribution in [-0.2, 0) is 11.3 Å². The van der Waals surface area contributed by atoms with Crippen LogP contribution >= 0.6 is 0 Å². The topological polar surface area (TPSA) is 75.4 Å². The van der Waals surface area contributed by atoms with Crippen molar-refractivity contribution in [2.45, 2.75) is 50.5 Å². The van der Waals surface area contributed by atoms with Crippen LogP contribution in [-0.4, -0.2) is 35.1 Å². The molecule has 0 spiro atoms. The van der Waals surface area contributed by atoms with Crippen molar-refractivity contribution in [3.05, 3.63) is 35.1 Å². The SMILES string of the molecule is NC(=O)N[C@@H]1CC[C@@H](C(F)(F)F)N(Cc2cc(C#CC3CC3)ccc2F)C1=O. The Morgan fingerprint density at radius 3 is 2.57 bits per heavy atom. The first-order valence-electron chi connectivity index (χ1n) is 8.88. The maximum absolute atomic E-state index is 14.2. The molecule has 1 aromatic rings. The standard InChI is InChI=1S/C19H19F4N3O2/c20-14-6-5-12(4-3-11-1-2-11)9-13(14)10-26-16(19(21,22)23)8-7-15(17(26)27)25-18(24)28/h5-6,9,11,15-16H,1-2,7-8,10H2,(H3,24,25,28)/t15-,16+/m1/s1. The van der Waals surface area contributed by atoms with Crippen molar-refractivity contribution in [3.8, 4) is 11.8 Å². The highest BCUT2D eigenvalue weighted by Gasteiger charge is 2.49. The molecule has 0 bridgehead atoms. The molecule has 0 aromatic heterocycles. The first kappa shape index (κ1) is 20.0. The maximum atomic E-state index is 14.2. The number of alkyl halides is 3. The Morgan fingerprint density at radius 1 is 1.25 bits per heavy atom. The molecule has 28 heavy (non-hydrogen) atoms. The van der Waals surface area contributed by atoms with Gasteiger partial charge in [-0.1, -0.05) is 11.8 Å². The molecule has 5 nitrogen and oxygen atoms in total. The van der Waals surface area contributed by atoms with E-state index >= 15 is 0 Å². The molecule has 3 amide bonds. The predicted molar refractivity (Wildman–Crippen MR) is 92.1 cm³/mol. The number of carbonyl (C=O) groups is 2. The number of nitrogens with one attached hydrogen (secondary N) is 1. The second kappa shape index (κ2) is 7.70. The van der Waals surface area contributed by atoms with Crippen LogP contribution in [0.25, 0.3) is 0 Å². The number of hydrogen-bond acceptors (Lipinski definition) is 2.